The third-order valence-electron chi connectivity index (χ3n) is 5.61. The fourth-order valence-electron chi connectivity index (χ4n) is 4.08. The number of fused-ring (bicyclic) bond motifs is 1. The van der Waals surface area contributed by atoms with Crippen LogP contribution in [0.2, 0.25) is 5.02 Å². The van der Waals surface area contributed by atoms with Gasteiger partial charge >= 0.3 is 0 Å². The summed E-state index contributed by atoms with van der Waals surface area (Å²) in [5.41, 5.74) is 2.40. The van der Waals surface area contributed by atoms with Gasteiger partial charge in [0.1, 0.15) is 4.90 Å². The van der Waals surface area contributed by atoms with Crippen LogP contribution in [0.5, 0.6) is 0 Å². The number of likely N-dealkylation sites (tertiary alicyclic amines) is 1. The van der Waals surface area contributed by atoms with Crippen LogP contribution in [0, 0.1) is 0 Å². The molecule has 1 amide bonds. The summed E-state index contributed by atoms with van der Waals surface area (Å²) in [6.07, 6.45) is 1.76. The molecule has 2 aliphatic heterocycles. The van der Waals surface area contributed by atoms with Crippen molar-refractivity contribution in [1.29, 1.82) is 0 Å². The molecule has 0 spiro atoms. The van der Waals surface area contributed by atoms with Crippen LogP contribution >= 0.6 is 27.5 Å². The van der Waals surface area contributed by atoms with Crippen LogP contribution < -0.4 is 5.14 Å². The first-order chi connectivity index (χ1) is 13.7. The number of carbonyl (C=O) groups is 1. The zero-order valence-corrected chi connectivity index (χ0v) is 18.8. The zero-order chi connectivity index (χ0) is 20.8. The fraction of sp³-hybridized carbons (Fsp3) is 0.350. The minimum atomic E-state index is -3.97. The number of sulfonamides is 1. The van der Waals surface area contributed by atoms with Crippen molar-refractivity contribution in [3.8, 4) is 0 Å². The highest BCUT2D eigenvalue weighted by Gasteiger charge is 2.35. The van der Waals surface area contributed by atoms with Crippen LogP contribution in [-0.4, -0.2) is 43.3 Å². The average molecular weight is 499 g/mol. The topological polar surface area (TPSA) is 83.7 Å². The van der Waals surface area contributed by atoms with Gasteiger partial charge in [-0.1, -0.05) is 39.7 Å². The SMILES string of the molecule is NS(=O)(=O)c1cc2c(cc1Cl)CN(C1CCN(Cc3ccc(Br)cc3)CC1)C2=O. The Morgan fingerprint density at radius 2 is 1.79 bits per heavy atom. The molecule has 6 nitrogen and oxygen atoms in total. The second kappa shape index (κ2) is 8.00. The van der Waals surface area contributed by atoms with Crippen molar-refractivity contribution in [2.75, 3.05) is 13.1 Å². The maximum Gasteiger partial charge on any atom is 0.254 e. The Kier molecular flexibility index (Phi) is 5.74. The van der Waals surface area contributed by atoms with Gasteiger partial charge in [0.15, 0.2) is 0 Å². The smallest absolute Gasteiger partial charge is 0.254 e. The van der Waals surface area contributed by atoms with Crippen LogP contribution in [0.25, 0.3) is 0 Å². The summed E-state index contributed by atoms with van der Waals surface area (Å²) in [5, 5.41) is 5.28. The third-order valence-corrected chi connectivity index (χ3v) is 7.52. The van der Waals surface area contributed by atoms with E-state index in [1.165, 1.54) is 11.6 Å². The molecule has 154 valence electrons. The van der Waals surface area contributed by atoms with Gasteiger partial charge in [-0.25, -0.2) is 13.6 Å². The molecule has 2 N–H and O–H groups in total. The first-order valence-corrected chi connectivity index (χ1v) is 12.1. The van der Waals surface area contributed by atoms with Gasteiger partial charge in [0.25, 0.3) is 5.91 Å². The zero-order valence-electron chi connectivity index (χ0n) is 15.6. The standard InChI is InChI=1S/C20H21BrClN3O3S/c21-15-3-1-13(2-4-15)11-24-7-5-16(6-8-24)25-12-14-9-18(22)19(29(23,27)28)10-17(14)20(25)26/h1-4,9-10,16H,5-8,11-12H2,(H2,23,27,28). The number of nitrogens with two attached hydrogens (primary N) is 1. The van der Waals surface area contributed by atoms with Gasteiger partial charge in [-0.05, 0) is 48.2 Å². The molecule has 0 aliphatic carbocycles. The number of hydrogen-bond acceptors (Lipinski definition) is 4. The lowest BCUT2D eigenvalue weighted by Gasteiger charge is -2.36. The Balaban J connectivity index is 1.43. The maximum absolute atomic E-state index is 12.9. The molecule has 0 aromatic heterocycles. The largest absolute Gasteiger partial charge is 0.331 e. The molecule has 2 aromatic carbocycles. The van der Waals surface area contributed by atoms with Crippen LogP contribution in [0.15, 0.2) is 45.8 Å². The molecule has 1 saturated heterocycles. The van der Waals surface area contributed by atoms with Crippen molar-refractivity contribution in [2.24, 2.45) is 5.14 Å². The predicted molar refractivity (Wildman–Crippen MR) is 115 cm³/mol. The first kappa shape index (κ1) is 20.8. The van der Waals surface area contributed by atoms with Crippen LogP contribution in [0.3, 0.4) is 0 Å². The number of amides is 1. The highest BCUT2D eigenvalue weighted by Crippen LogP contribution is 2.33. The number of halogens is 2. The van der Waals surface area contributed by atoms with Gasteiger partial charge in [0.05, 0.1) is 5.02 Å². The van der Waals surface area contributed by atoms with Gasteiger partial charge in [-0.2, -0.15) is 0 Å². The van der Waals surface area contributed by atoms with E-state index >= 15 is 0 Å². The summed E-state index contributed by atoms with van der Waals surface area (Å²) in [7, 11) is -3.97. The lowest BCUT2D eigenvalue weighted by molar-refractivity contribution is 0.0590. The molecule has 0 atom stereocenters. The first-order valence-electron chi connectivity index (χ1n) is 9.35. The normalized spacial score (nSPS) is 18.3. The van der Waals surface area contributed by atoms with Crippen molar-refractivity contribution in [1.82, 2.24) is 9.80 Å². The van der Waals surface area contributed by atoms with Gasteiger partial charge < -0.3 is 4.90 Å². The third kappa shape index (κ3) is 4.36. The Morgan fingerprint density at radius 3 is 2.41 bits per heavy atom. The Morgan fingerprint density at radius 1 is 1.14 bits per heavy atom. The van der Waals surface area contributed by atoms with E-state index in [1.54, 1.807) is 6.07 Å². The summed E-state index contributed by atoms with van der Waals surface area (Å²) in [5.74, 6) is -0.145. The lowest BCUT2D eigenvalue weighted by Crippen LogP contribution is -2.44. The summed E-state index contributed by atoms with van der Waals surface area (Å²) < 4.78 is 24.5. The second-order valence-electron chi connectivity index (χ2n) is 7.55. The van der Waals surface area contributed by atoms with Crippen LogP contribution in [0.4, 0.5) is 0 Å². The molecule has 29 heavy (non-hydrogen) atoms. The molecule has 2 aliphatic rings. The Bertz CT molecular complexity index is 1050. The predicted octanol–water partition coefficient (Wildman–Crippen LogP) is 3.37. The minimum Gasteiger partial charge on any atom is -0.331 e. The summed E-state index contributed by atoms with van der Waals surface area (Å²) in [6.45, 7) is 3.16. The van der Waals surface area contributed by atoms with E-state index in [2.05, 4.69) is 33.0 Å². The summed E-state index contributed by atoms with van der Waals surface area (Å²) >= 11 is 9.54. The monoisotopic (exact) mass is 497 g/mol. The molecular formula is C20H21BrClN3O3S. The van der Waals surface area contributed by atoms with Crippen molar-refractivity contribution >= 4 is 43.5 Å². The van der Waals surface area contributed by atoms with E-state index in [0.29, 0.717) is 12.1 Å². The van der Waals surface area contributed by atoms with Crippen molar-refractivity contribution < 1.29 is 13.2 Å². The molecular weight excluding hydrogens is 478 g/mol. The molecule has 0 radical (unpaired) electrons. The van der Waals surface area contributed by atoms with E-state index in [4.69, 9.17) is 16.7 Å². The number of rotatable bonds is 4. The molecule has 1 fully saturated rings. The van der Waals surface area contributed by atoms with E-state index in [0.717, 1.165) is 42.5 Å². The highest BCUT2D eigenvalue weighted by molar-refractivity contribution is 9.10. The number of benzene rings is 2. The molecule has 9 heteroatoms. The Hall–Kier alpha value is -1.45. The fourth-order valence-corrected chi connectivity index (χ4v) is 5.47. The van der Waals surface area contributed by atoms with Crippen molar-refractivity contribution in [3.05, 3.63) is 62.6 Å². The van der Waals surface area contributed by atoms with Gasteiger partial charge in [0, 0.05) is 42.3 Å². The Labute approximate surface area is 183 Å². The number of piperidine rings is 1. The molecule has 2 aromatic rings. The number of primary sulfonamides is 1. The van der Waals surface area contributed by atoms with Gasteiger partial charge in [0.2, 0.25) is 10.0 Å². The van der Waals surface area contributed by atoms with Crippen LogP contribution in [-0.2, 0) is 23.1 Å². The molecule has 2 heterocycles. The number of carbonyl (C=O) groups excluding carboxylic acids is 1. The molecule has 0 bridgehead atoms. The van der Waals surface area contributed by atoms with Crippen molar-refractivity contribution in [2.45, 2.75) is 36.9 Å². The van der Waals surface area contributed by atoms with Crippen LogP contribution in [0.1, 0.15) is 34.3 Å². The second-order valence-corrected chi connectivity index (χ2v) is 10.4. The van der Waals surface area contributed by atoms with Gasteiger partial charge in [-0.3, -0.25) is 9.69 Å². The quantitative estimate of drug-likeness (QED) is 0.700. The highest BCUT2D eigenvalue weighted by atomic mass is 79.9. The number of hydrogen-bond donors (Lipinski definition) is 1. The van der Waals surface area contributed by atoms with Gasteiger partial charge in [-0.15, -0.1) is 0 Å². The van der Waals surface area contributed by atoms with E-state index in [1.807, 2.05) is 17.0 Å². The number of nitrogens with zero attached hydrogens (tertiary/aromatic N) is 2. The summed E-state index contributed by atoms with van der Waals surface area (Å²) in [6, 6.07) is 11.3. The maximum atomic E-state index is 12.9. The average Bonchev–Trinajstić information content (AvgIpc) is 2.98. The van der Waals surface area contributed by atoms with E-state index < -0.39 is 10.0 Å². The lowest BCUT2D eigenvalue weighted by atomic mass is 10.0. The minimum absolute atomic E-state index is 0.0604. The molecule has 0 unspecified atom stereocenters. The van der Waals surface area contributed by atoms with Crippen molar-refractivity contribution in [3.63, 3.8) is 0 Å². The van der Waals surface area contributed by atoms with E-state index in [-0.39, 0.29) is 21.9 Å². The molecule has 0 saturated carbocycles. The van der Waals surface area contributed by atoms with E-state index in [9.17, 15) is 13.2 Å². The summed E-state index contributed by atoms with van der Waals surface area (Å²) in [4.78, 5) is 17.0. The molecule has 4 rings (SSSR count).